The Balaban J connectivity index is 1.65. The van der Waals surface area contributed by atoms with E-state index in [-0.39, 0.29) is 29.7 Å². The lowest BCUT2D eigenvalue weighted by Crippen LogP contribution is -2.99. The number of hydrogen-bond donors (Lipinski definition) is 2. The lowest BCUT2D eigenvalue weighted by molar-refractivity contribution is -0.738. The second-order valence-corrected chi connectivity index (χ2v) is 8.57. The van der Waals surface area contributed by atoms with E-state index in [0.717, 1.165) is 5.56 Å². The van der Waals surface area contributed by atoms with Crippen molar-refractivity contribution < 1.29 is 24.4 Å². The Bertz CT molecular complexity index is 1060. The van der Waals surface area contributed by atoms with E-state index < -0.39 is 17.4 Å². The van der Waals surface area contributed by atoms with Gasteiger partial charge in [0.05, 0.1) is 18.5 Å². The molecular weight excluding hydrogens is 382 g/mol. The minimum atomic E-state index is -1.12. The number of carbonyl (C=O) groups is 3. The normalized spacial score (nSPS) is 29.5. The first-order chi connectivity index (χ1) is 14.4. The smallest absolute Gasteiger partial charge is 0.291 e. The highest BCUT2D eigenvalue weighted by Crippen LogP contribution is 2.50. The van der Waals surface area contributed by atoms with E-state index in [0.29, 0.717) is 17.1 Å². The summed E-state index contributed by atoms with van der Waals surface area (Å²) in [6, 6.07) is 14.1. The van der Waals surface area contributed by atoms with Crippen LogP contribution in [0.4, 0.5) is 11.4 Å². The fourth-order valence-corrected chi connectivity index (χ4v) is 5.44. The average molecular weight is 406 g/mol. The second-order valence-electron chi connectivity index (χ2n) is 8.57. The predicted octanol–water partition coefficient (Wildman–Crippen LogP) is 1.25. The first-order valence-corrected chi connectivity index (χ1v) is 10.2. The van der Waals surface area contributed by atoms with E-state index in [4.69, 9.17) is 4.74 Å². The van der Waals surface area contributed by atoms with Crippen LogP contribution in [0.15, 0.2) is 48.5 Å². The number of imide groups is 1. The van der Waals surface area contributed by atoms with Gasteiger partial charge in [-0.15, -0.1) is 0 Å². The van der Waals surface area contributed by atoms with E-state index in [9.17, 15) is 14.4 Å². The number of carbonyl (C=O) groups excluding carboxylic acids is 3. The quantitative estimate of drug-likeness (QED) is 0.751. The molecule has 2 saturated heterocycles. The number of nitrogens with two attached hydrogens (primary N) is 1. The molecule has 2 fully saturated rings. The number of ether oxygens (including phenoxy) is 1. The summed E-state index contributed by atoms with van der Waals surface area (Å²) in [6.07, 6.45) is 0. The molecule has 0 saturated carbocycles. The van der Waals surface area contributed by atoms with Crippen molar-refractivity contribution in [1.29, 1.82) is 0 Å². The third kappa shape index (κ3) is 2.26. The fourth-order valence-electron chi connectivity index (χ4n) is 5.44. The van der Waals surface area contributed by atoms with Crippen LogP contribution in [0.3, 0.4) is 0 Å². The Labute approximate surface area is 174 Å². The fraction of sp³-hybridized carbons (Fsp3) is 0.348. The zero-order valence-corrected chi connectivity index (χ0v) is 17.1. The first-order valence-electron chi connectivity index (χ1n) is 10.2. The van der Waals surface area contributed by atoms with Crippen LogP contribution in [0.2, 0.25) is 0 Å². The van der Waals surface area contributed by atoms with Crippen molar-refractivity contribution in [1.82, 2.24) is 0 Å². The third-order valence-corrected chi connectivity index (χ3v) is 6.81. The van der Waals surface area contributed by atoms with Gasteiger partial charge in [-0.1, -0.05) is 32.0 Å². The molecule has 3 aliphatic heterocycles. The minimum absolute atomic E-state index is 0.116. The van der Waals surface area contributed by atoms with E-state index >= 15 is 0 Å². The van der Waals surface area contributed by atoms with Gasteiger partial charge in [-0.3, -0.25) is 14.4 Å². The number of nitrogens with one attached hydrogen (secondary N) is 1. The largest absolute Gasteiger partial charge is 0.497 e. The molecule has 30 heavy (non-hydrogen) atoms. The van der Waals surface area contributed by atoms with Gasteiger partial charge < -0.3 is 15.4 Å². The van der Waals surface area contributed by atoms with Crippen molar-refractivity contribution in [2.45, 2.75) is 25.4 Å². The zero-order valence-electron chi connectivity index (χ0n) is 17.1. The van der Waals surface area contributed by atoms with Crippen molar-refractivity contribution in [3.63, 3.8) is 0 Å². The zero-order chi connectivity index (χ0) is 21.2. The maximum absolute atomic E-state index is 13.7. The van der Waals surface area contributed by atoms with Crippen LogP contribution in [-0.4, -0.2) is 30.9 Å². The van der Waals surface area contributed by atoms with Crippen LogP contribution in [0.25, 0.3) is 0 Å². The molecule has 0 unspecified atom stereocenters. The number of quaternary nitrogens is 1. The summed E-state index contributed by atoms with van der Waals surface area (Å²) in [5.41, 5.74) is 0.880. The van der Waals surface area contributed by atoms with Crippen molar-refractivity contribution in [3.8, 4) is 5.75 Å². The molecule has 3 amide bonds. The molecule has 0 aromatic heterocycles. The van der Waals surface area contributed by atoms with Crippen LogP contribution < -0.4 is 20.3 Å². The number of fused-ring (bicyclic) bond motifs is 4. The van der Waals surface area contributed by atoms with E-state index in [1.54, 1.807) is 31.4 Å². The Kier molecular flexibility index (Phi) is 4.02. The number of hydrogen-bond acceptors (Lipinski definition) is 4. The van der Waals surface area contributed by atoms with E-state index in [1.807, 2.05) is 43.4 Å². The van der Waals surface area contributed by atoms with E-state index in [1.165, 1.54) is 4.90 Å². The number of para-hydroxylation sites is 1. The molecule has 154 valence electrons. The molecular formula is C23H24N3O4+. The lowest BCUT2D eigenvalue weighted by Gasteiger charge is -2.27. The summed E-state index contributed by atoms with van der Waals surface area (Å²) in [5.74, 6) is -1.32. The molecule has 3 heterocycles. The number of anilines is 2. The van der Waals surface area contributed by atoms with Crippen molar-refractivity contribution >= 4 is 29.1 Å². The summed E-state index contributed by atoms with van der Waals surface area (Å²) in [7, 11) is 1.56. The second kappa shape index (κ2) is 6.40. The van der Waals surface area contributed by atoms with Gasteiger partial charge in [-0.2, -0.15) is 0 Å². The Morgan fingerprint density at radius 1 is 1.03 bits per heavy atom. The highest BCUT2D eigenvalue weighted by atomic mass is 16.5. The molecule has 4 atom stereocenters. The number of nitrogens with zero attached hydrogens (tertiary/aromatic N) is 1. The number of methoxy groups -OCH3 is 1. The maximum atomic E-state index is 13.7. The summed E-state index contributed by atoms with van der Waals surface area (Å²) >= 11 is 0. The molecule has 0 bridgehead atoms. The van der Waals surface area contributed by atoms with Gasteiger partial charge in [0.1, 0.15) is 23.6 Å². The average Bonchev–Trinajstić information content (AvgIpc) is 3.33. The summed E-state index contributed by atoms with van der Waals surface area (Å²) in [6.45, 7) is 4.06. The topological polar surface area (TPSA) is 92.3 Å². The number of benzene rings is 2. The third-order valence-electron chi connectivity index (χ3n) is 6.81. The Hall–Kier alpha value is -3.19. The molecule has 7 nitrogen and oxygen atoms in total. The SMILES string of the molecule is COc1ccc(N2C(=O)[C@@H]3[C@@H](C(C)C)[NH2+][C@]4(C(=O)Nc5ccccc54)[C@H]3C2=O)cc1. The van der Waals surface area contributed by atoms with Gasteiger partial charge in [0.25, 0.3) is 5.91 Å². The maximum Gasteiger partial charge on any atom is 0.291 e. The van der Waals surface area contributed by atoms with Gasteiger partial charge in [-0.25, -0.2) is 4.90 Å². The monoisotopic (exact) mass is 406 g/mol. The van der Waals surface area contributed by atoms with Crippen molar-refractivity contribution in [2.24, 2.45) is 17.8 Å². The van der Waals surface area contributed by atoms with Gasteiger partial charge in [-0.05, 0) is 30.3 Å². The summed E-state index contributed by atoms with van der Waals surface area (Å²) in [5, 5.41) is 4.91. The molecule has 0 radical (unpaired) electrons. The Morgan fingerprint density at radius 3 is 2.40 bits per heavy atom. The highest BCUT2D eigenvalue weighted by molar-refractivity contribution is 6.25. The van der Waals surface area contributed by atoms with Gasteiger partial charge in [0.15, 0.2) is 0 Å². The first kappa shape index (κ1) is 18.8. The van der Waals surface area contributed by atoms with Gasteiger partial charge >= 0.3 is 0 Å². The van der Waals surface area contributed by atoms with Crippen LogP contribution in [0, 0.1) is 17.8 Å². The van der Waals surface area contributed by atoms with Crippen LogP contribution in [0.1, 0.15) is 19.4 Å². The summed E-state index contributed by atoms with van der Waals surface area (Å²) in [4.78, 5) is 41.8. The van der Waals surface area contributed by atoms with Gasteiger partial charge in [0, 0.05) is 11.5 Å². The highest BCUT2D eigenvalue weighted by Gasteiger charge is 2.74. The predicted molar refractivity (Wildman–Crippen MR) is 110 cm³/mol. The molecule has 2 aromatic carbocycles. The minimum Gasteiger partial charge on any atom is -0.497 e. The summed E-state index contributed by atoms with van der Waals surface area (Å²) < 4.78 is 5.19. The number of amides is 3. The van der Waals surface area contributed by atoms with Crippen LogP contribution in [-0.2, 0) is 19.9 Å². The van der Waals surface area contributed by atoms with Crippen LogP contribution >= 0.6 is 0 Å². The van der Waals surface area contributed by atoms with Crippen molar-refractivity contribution in [2.75, 3.05) is 17.3 Å². The standard InChI is InChI=1S/C23H23N3O4/c1-12(2)19-17-18(23(25-19)15-6-4-5-7-16(15)24-22(23)29)21(28)26(20(17)27)13-8-10-14(30-3)11-9-13/h4-12,17-19,25H,1-3H3,(H,24,29)/p+1/t17-,18+,19+,23-/m0/s1. The molecule has 1 spiro atoms. The molecule has 0 aliphatic carbocycles. The van der Waals surface area contributed by atoms with E-state index in [2.05, 4.69) is 5.32 Å². The number of rotatable bonds is 3. The lowest BCUT2D eigenvalue weighted by atomic mass is 9.76. The van der Waals surface area contributed by atoms with Gasteiger partial charge in [0.2, 0.25) is 17.4 Å². The molecule has 7 heteroatoms. The van der Waals surface area contributed by atoms with Crippen LogP contribution in [0.5, 0.6) is 5.75 Å². The molecule has 3 N–H and O–H groups in total. The molecule has 3 aliphatic rings. The van der Waals surface area contributed by atoms with Crippen molar-refractivity contribution in [3.05, 3.63) is 54.1 Å². The molecule has 2 aromatic rings. The molecule has 5 rings (SSSR count). The Morgan fingerprint density at radius 2 is 1.73 bits per heavy atom.